The Kier molecular flexibility index (Phi) is 4.19. The first-order valence-corrected chi connectivity index (χ1v) is 7.89. The van der Waals surface area contributed by atoms with Gasteiger partial charge in [0, 0.05) is 31.7 Å². The average Bonchev–Trinajstić information content (AvgIpc) is 2.47. The van der Waals surface area contributed by atoms with Crippen LogP contribution in [0.1, 0.15) is 38.2 Å². The molecule has 2 saturated heterocycles. The Morgan fingerprint density at radius 1 is 1.11 bits per heavy atom. The molecule has 0 aliphatic carbocycles. The molecule has 2 aliphatic heterocycles. The van der Waals surface area contributed by atoms with Crippen LogP contribution < -0.4 is 0 Å². The van der Waals surface area contributed by atoms with E-state index in [1.165, 1.54) is 50.9 Å². The zero-order valence-corrected chi connectivity index (χ0v) is 12.1. The molecule has 2 fully saturated rings. The molecule has 0 N–H and O–H groups in total. The standard InChI is InChI=1S/C17H26N2/c1-2-16-13-18-11-7-6-10-17(18)14-19(16)12-15-8-4-3-5-9-15/h3-5,8-9,16-17H,2,6-7,10-14H2,1H3. The van der Waals surface area contributed by atoms with Crippen molar-refractivity contribution in [2.24, 2.45) is 0 Å². The fourth-order valence-electron chi connectivity index (χ4n) is 3.71. The van der Waals surface area contributed by atoms with Crippen molar-refractivity contribution in [1.82, 2.24) is 9.80 Å². The van der Waals surface area contributed by atoms with Crippen LogP contribution in [-0.4, -0.2) is 41.5 Å². The summed E-state index contributed by atoms with van der Waals surface area (Å²) in [6, 6.07) is 12.5. The first-order valence-electron chi connectivity index (χ1n) is 7.89. The molecule has 0 saturated carbocycles. The van der Waals surface area contributed by atoms with Gasteiger partial charge in [-0.1, -0.05) is 43.7 Å². The van der Waals surface area contributed by atoms with Gasteiger partial charge in [-0.3, -0.25) is 9.80 Å². The predicted molar refractivity (Wildman–Crippen MR) is 80.1 cm³/mol. The van der Waals surface area contributed by atoms with Crippen LogP contribution in [-0.2, 0) is 6.54 Å². The second kappa shape index (κ2) is 6.06. The summed E-state index contributed by atoms with van der Waals surface area (Å²) in [7, 11) is 0. The van der Waals surface area contributed by atoms with E-state index in [0.29, 0.717) is 0 Å². The number of benzene rings is 1. The lowest BCUT2D eigenvalue weighted by Gasteiger charge is -2.48. The van der Waals surface area contributed by atoms with Crippen molar-refractivity contribution in [3.05, 3.63) is 35.9 Å². The lowest BCUT2D eigenvalue weighted by molar-refractivity contribution is 0.00327. The van der Waals surface area contributed by atoms with E-state index in [-0.39, 0.29) is 0 Å². The predicted octanol–water partition coefficient (Wildman–Crippen LogP) is 3.14. The highest BCUT2D eigenvalue weighted by Gasteiger charge is 2.33. The molecule has 2 unspecified atom stereocenters. The van der Waals surface area contributed by atoms with Crippen molar-refractivity contribution in [2.45, 2.75) is 51.2 Å². The first kappa shape index (κ1) is 13.1. The van der Waals surface area contributed by atoms with Crippen LogP contribution in [0.2, 0.25) is 0 Å². The van der Waals surface area contributed by atoms with Gasteiger partial charge >= 0.3 is 0 Å². The van der Waals surface area contributed by atoms with E-state index in [1.54, 1.807) is 0 Å². The highest BCUT2D eigenvalue weighted by Crippen LogP contribution is 2.26. The number of nitrogens with zero attached hydrogens (tertiary/aromatic N) is 2. The molecule has 2 aliphatic rings. The summed E-state index contributed by atoms with van der Waals surface area (Å²) in [6.07, 6.45) is 5.51. The quantitative estimate of drug-likeness (QED) is 0.822. The van der Waals surface area contributed by atoms with Crippen LogP contribution in [0.25, 0.3) is 0 Å². The third kappa shape index (κ3) is 3.01. The van der Waals surface area contributed by atoms with E-state index >= 15 is 0 Å². The Morgan fingerprint density at radius 3 is 2.74 bits per heavy atom. The summed E-state index contributed by atoms with van der Waals surface area (Å²) in [5, 5.41) is 0. The molecule has 1 aromatic rings. The zero-order chi connectivity index (χ0) is 13.1. The maximum atomic E-state index is 2.75. The minimum absolute atomic E-state index is 0.745. The van der Waals surface area contributed by atoms with Crippen LogP contribution in [0.15, 0.2) is 30.3 Å². The van der Waals surface area contributed by atoms with Crippen LogP contribution in [0, 0.1) is 0 Å². The van der Waals surface area contributed by atoms with Gasteiger partial charge in [-0.05, 0) is 31.4 Å². The normalized spacial score (nSPS) is 29.1. The van der Waals surface area contributed by atoms with Gasteiger partial charge in [-0.15, -0.1) is 0 Å². The molecule has 2 atom stereocenters. The molecule has 2 nitrogen and oxygen atoms in total. The molecule has 0 aromatic heterocycles. The first-order chi connectivity index (χ1) is 9.36. The van der Waals surface area contributed by atoms with Crippen molar-refractivity contribution in [1.29, 1.82) is 0 Å². The summed E-state index contributed by atoms with van der Waals surface area (Å²) < 4.78 is 0. The smallest absolute Gasteiger partial charge is 0.0237 e. The number of piperidine rings is 1. The van der Waals surface area contributed by atoms with E-state index in [1.807, 2.05) is 0 Å². The topological polar surface area (TPSA) is 6.48 Å². The zero-order valence-electron chi connectivity index (χ0n) is 12.1. The SMILES string of the molecule is CCC1CN2CCCCC2CN1Cc1ccccc1. The lowest BCUT2D eigenvalue weighted by atomic mass is 9.95. The molecule has 2 heterocycles. The lowest BCUT2D eigenvalue weighted by Crippen LogP contribution is -2.58. The van der Waals surface area contributed by atoms with Crippen molar-refractivity contribution in [3.63, 3.8) is 0 Å². The van der Waals surface area contributed by atoms with Crippen LogP contribution >= 0.6 is 0 Å². The molecule has 19 heavy (non-hydrogen) atoms. The summed E-state index contributed by atoms with van der Waals surface area (Å²) >= 11 is 0. The van der Waals surface area contributed by atoms with Gasteiger partial charge in [0.25, 0.3) is 0 Å². The van der Waals surface area contributed by atoms with E-state index in [4.69, 9.17) is 0 Å². The molecule has 0 radical (unpaired) electrons. The monoisotopic (exact) mass is 258 g/mol. The minimum atomic E-state index is 0.745. The summed E-state index contributed by atoms with van der Waals surface area (Å²) in [5.74, 6) is 0. The fraction of sp³-hybridized carbons (Fsp3) is 0.647. The third-order valence-electron chi connectivity index (χ3n) is 4.86. The maximum Gasteiger partial charge on any atom is 0.0237 e. The van der Waals surface area contributed by atoms with E-state index in [9.17, 15) is 0 Å². The van der Waals surface area contributed by atoms with Gasteiger partial charge in [-0.2, -0.15) is 0 Å². The average molecular weight is 258 g/mol. The summed E-state index contributed by atoms with van der Waals surface area (Å²) in [6.45, 7) is 7.36. The highest BCUT2D eigenvalue weighted by atomic mass is 15.3. The largest absolute Gasteiger partial charge is 0.298 e. The molecular weight excluding hydrogens is 232 g/mol. The van der Waals surface area contributed by atoms with Crippen molar-refractivity contribution < 1.29 is 0 Å². The van der Waals surface area contributed by atoms with Crippen molar-refractivity contribution in [3.8, 4) is 0 Å². The molecule has 1 aromatic carbocycles. The second-order valence-electron chi connectivity index (χ2n) is 6.12. The Balaban J connectivity index is 1.68. The van der Waals surface area contributed by atoms with Crippen molar-refractivity contribution >= 4 is 0 Å². The number of hydrogen-bond acceptors (Lipinski definition) is 2. The molecule has 0 spiro atoms. The van der Waals surface area contributed by atoms with Crippen LogP contribution in [0.5, 0.6) is 0 Å². The summed E-state index contributed by atoms with van der Waals surface area (Å²) in [5.41, 5.74) is 1.46. The molecule has 0 amide bonds. The highest BCUT2D eigenvalue weighted by molar-refractivity contribution is 5.15. The minimum Gasteiger partial charge on any atom is -0.298 e. The summed E-state index contributed by atoms with van der Waals surface area (Å²) in [4.78, 5) is 5.47. The number of fused-ring (bicyclic) bond motifs is 1. The van der Waals surface area contributed by atoms with E-state index in [2.05, 4.69) is 47.1 Å². The van der Waals surface area contributed by atoms with Crippen molar-refractivity contribution in [2.75, 3.05) is 19.6 Å². The van der Waals surface area contributed by atoms with E-state index in [0.717, 1.165) is 18.6 Å². The van der Waals surface area contributed by atoms with Crippen LogP contribution in [0.3, 0.4) is 0 Å². The van der Waals surface area contributed by atoms with Gasteiger partial charge in [0.1, 0.15) is 0 Å². The Hall–Kier alpha value is -0.860. The molecule has 3 rings (SSSR count). The Bertz CT molecular complexity index is 390. The van der Waals surface area contributed by atoms with E-state index < -0.39 is 0 Å². The van der Waals surface area contributed by atoms with Gasteiger partial charge in [0.15, 0.2) is 0 Å². The molecule has 2 heteroatoms. The second-order valence-corrected chi connectivity index (χ2v) is 6.12. The van der Waals surface area contributed by atoms with Gasteiger partial charge in [0.2, 0.25) is 0 Å². The number of piperazine rings is 1. The molecule has 104 valence electrons. The number of rotatable bonds is 3. The Labute approximate surface area is 117 Å². The van der Waals surface area contributed by atoms with Crippen LogP contribution in [0.4, 0.5) is 0 Å². The van der Waals surface area contributed by atoms with Gasteiger partial charge < -0.3 is 0 Å². The third-order valence-corrected chi connectivity index (χ3v) is 4.86. The molecule has 0 bridgehead atoms. The maximum absolute atomic E-state index is 2.75. The number of hydrogen-bond donors (Lipinski definition) is 0. The fourth-order valence-corrected chi connectivity index (χ4v) is 3.71. The Morgan fingerprint density at radius 2 is 1.95 bits per heavy atom. The molecular formula is C17H26N2. The van der Waals surface area contributed by atoms with Gasteiger partial charge in [0.05, 0.1) is 0 Å². The van der Waals surface area contributed by atoms with Gasteiger partial charge in [-0.25, -0.2) is 0 Å².